The van der Waals surface area contributed by atoms with Crippen molar-refractivity contribution in [3.63, 3.8) is 0 Å². The molecule has 0 aliphatic heterocycles. The molecule has 9 heteroatoms. The molecule has 2 N–H and O–H groups in total. The molecule has 1 aliphatic rings. The molecular weight excluding hydrogens is 609 g/mol. The Morgan fingerprint density at radius 1 is 0.787 bits per heavy atom. The van der Waals surface area contributed by atoms with Gasteiger partial charge in [-0.3, -0.25) is 0 Å². The molecule has 0 bridgehead atoms. The SMILES string of the molecule is C=C(CO)C(=O)OCC(COC(=O)C(=C)CO)c1ccc(-c2c(F)cc(-c3ccc(C4CCC(CCC)CC4)cc3F)cc2F)cc1. The minimum absolute atomic E-state index is 0.0914. The number of carbonyl (C=O) groups excluding carboxylic acids is 2. The first-order valence-electron chi connectivity index (χ1n) is 15.9. The van der Waals surface area contributed by atoms with Gasteiger partial charge < -0.3 is 19.7 Å². The molecule has 0 amide bonds. The van der Waals surface area contributed by atoms with E-state index < -0.39 is 48.5 Å². The number of hydrogen-bond donors (Lipinski definition) is 2. The van der Waals surface area contributed by atoms with Gasteiger partial charge in [-0.05, 0) is 78.0 Å². The predicted molar refractivity (Wildman–Crippen MR) is 174 cm³/mol. The van der Waals surface area contributed by atoms with Crippen LogP contribution in [0.4, 0.5) is 13.2 Å². The molecule has 6 nitrogen and oxygen atoms in total. The van der Waals surface area contributed by atoms with E-state index in [9.17, 15) is 9.59 Å². The predicted octanol–water partition coefficient (Wildman–Crippen LogP) is 7.78. The molecule has 3 aromatic carbocycles. The number of esters is 2. The summed E-state index contributed by atoms with van der Waals surface area (Å²) < 4.78 is 56.6. The van der Waals surface area contributed by atoms with Gasteiger partial charge in [-0.25, -0.2) is 22.8 Å². The number of aliphatic hydroxyl groups excluding tert-OH is 2. The normalized spacial score (nSPS) is 16.1. The number of halogens is 3. The molecule has 47 heavy (non-hydrogen) atoms. The third-order valence-electron chi connectivity index (χ3n) is 8.82. The Labute approximate surface area is 273 Å². The molecule has 1 saturated carbocycles. The van der Waals surface area contributed by atoms with Crippen LogP contribution in [-0.2, 0) is 19.1 Å². The highest BCUT2D eigenvalue weighted by atomic mass is 19.1. The van der Waals surface area contributed by atoms with E-state index in [1.54, 1.807) is 18.2 Å². The summed E-state index contributed by atoms with van der Waals surface area (Å²) in [6.07, 6.45) is 6.67. The van der Waals surface area contributed by atoms with E-state index in [1.807, 2.05) is 6.07 Å². The van der Waals surface area contributed by atoms with E-state index in [0.29, 0.717) is 5.56 Å². The zero-order valence-electron chi connectivity index (χ0n) is 26.6. The lowest BCUT2D eigenvalue weighted by atomic mass is 9.77. The van der Waals surface area contributed by atoms with Crippen LogP contribution in [0.15, 0.2) is 78.9 Å². The van der Waals surface area contributed by atoms with Gasteiger partial charge >= 0.3 is 11.9 Å². The van der Waals surface area contributed by atoms with Crippen LogP contribution >= 0.6 is 0 Å². The fourth-order valence-corrected chi connectivity index (χ4v) is 6.06. The van der Waals surface area contributed by atoms with Gasteiger partial charge in [0.15, 0.2) is 0 Å². The van der Waals surface area contributed by atoms with Crippen LogP contribution in [0.2, 0.25) is 0 Å². The van der Waals surface area contributed by atoms with E-state index in [-0.39, 0.29) is 52.5 Å². The number of ether oxygens (including phenoxy) is 2. The maximum absolute atomic E-state index is 15.4. The van der Waals surface area contributed by atoms with E-state index in [2.05, 4.69) is 20.1 Å². The molecule has 0 atom stereocenters. The quantitative estimate of drug-likeness (QED) is 0.137. The highest BCUT2D eigenvalue weighted by Gasteiger charge is 2.24. The van der Waals surface area contributed by atoms with Crippen LogP contribution in [0.1, 0.15) is 68.4 Å². The highest BCUT2D eigenvalue weighted by molar-refractivity contribution is 5.88. The largest absolute Gasteiger partial charge is 0.461 e. The molecule has 250 valence electrons. The van der Waals surface area contributed by atoms with Gasteiger partial charge in [0.25, 0.3) is 0 Å². The summed E-state index contributed by atoms with van der Waals surface area (Å²) in [7, 11) is 0. The standard InChI is InChI=1S/C38H41F3O6/c1-4-5-25-6-8-26(9-7-25)29-14-15-32(33(39)16-29)30-17-34(40)36(35(41)18-30)28-12-10-27(11-13-28)31(21-46-37(44)23(2)19-42)22-47-38(45)24(3)20-43/h10-18,25-26,31,42-43H,2-9,19-22H2,1H3. The summed E-state index contributed by atoms with van der Waals surface area (Å²) in [5.41, 5.74) is 1.21. The van der Waals surface area contributed by atoms with Crippen LogP contribution in [0.25, 0.3) is 22.3 Å². The van der Waals surface area contributed by atoms with Crippen LogP contribution in [0.3, 0.4) is 0 Å². The molecule has 0 aromatic heterocycles. The van der Waals surface area contributed by atoms with Crippen molar-refractivity contribution in [2.45, 2.75) is 57.3 Å². The Hall–Kier alpha value is -4.21. The molecule has 0 spiro atoms. The average molecular weight is 651 g/mol. The van der Waals surface area contributed by atoms with E-state index >= 15 is 13.2 Å². The van der Waals surface area contributed by atoms with Crippen molar-refractivity contribution < 1.29 is 42.4 Å². The molecular formula is C38H41F3O6. The topological polar surface area (TPSA) is 93.1 Å². The molecule has 1 fully saturated rings. The summed E-state index contributed by atoms with van der Waals surface area (Å²) in [4.78, 5) is 24.1. The molecule has 4 rings (SSSR count). The van der Waals surface area contributed by atoms with Gasteiger partial charge in [-0.15, -0.1) is 0 Å². The first kappa shape index (κ1) is 35.6. The van der Waals surface area contributed by atoms with Crippen LogP contribution < -0.4 is 0 Å². The Kier molecular flexibility index (Phi) is 12.6. The van der Waals surface area contributed by atoms with E-state index in [1.165, 1.54) is 31.0 Å². The van der Waals surface area contributed by atoms with Gasteiger partial charge in [0.1, 0.15) is 30.7 Å². The fourth-order valence-electron chi connectivity index (χ4n) is 6.06. The van der Waals surface area contributed by atoms with Crippen LogP contribution in [0.5, 0.6) is 0 Å². The molecule has 0 unspecified atom stereocenters. The van der Waals surface area contributed by atoms with Crippen molar-refractivity contribution >= 4 is 11.9 Å². The summed E-state index contributed by atoms with van der Waals surface area (Å²) in [5, 5.41) is 18.3. The van der Waals surface area contributed by atoms with Crippen molar-refractivity contribution in [3.05, 3.63) is 107 Å². The van der Waals surface area contributed by atoms with Gasteiger partial charge in [-0.2, -0.15) is 0 Å². The van der Waals surface area contributed by atoms with Crippen molar-refractivity contribution in [1.29, 1.82) is 0 Å². The molecule has 0 radical (unpaired) electrons. The lowest BCUT2D eigenvalue weighted by Gasteiger charge is -2.28. The Morgan fingerprint density at radius 3 is 1.83 bits per heavy atom. The second-order valence-corrected chi connectivity index (χ2v) is 12.1. The number of hydrogen-bond acceptors (Lipinski definition) is 6. The van der Waals surface area contributed by atoms with Gasteiger partial charge in [0, 0.05) is 5.56 Å². The number of benzene rings is 3. The summed E-state index contributed by atoms with van der Waals surface area (Å²) in [6, 6.07) is 13.2. The zero-order valence-corrected chi connectivity index (χ0v) is 26.6. The Morgan fingerprint density at radius 2 is 1.34 bits per heavy atom. The minimum atomic E-state index is -0.866. The van der Waals surface area contributed by atoms with Gasteiger partial charge in [-0.1, -0.05) is 69.3 Å². The monoisotopic (exact) mass is 650 g/mol. The van der Waals surface area contributed by atoms with Crippen LogP contribution in [0, 0.1) is 23.4 Å². The third kappa shape index (κ3) is 8.99. The highest BCUT2D eigenvalue weighted by Crippen LogP contribution is 2.39. The van der Waals surface area contributed by atoms with Gasteiger partial charge in [0.05, 0.1) is 35.8 Å². The number of aliphatic hydroxyl groups is 2. The van der Waals surface area contributed by atoms with Crippen molar-refractivity contribution in [3.8, 4) is 22.3 Å². The lowest BCUT2D eigenvalue weighted by Crippen LogP contribution is -2.21. The Bertz CT molecular complexity index is 1540. The third-order valence-corrected chi connectivity index (χ3v) is 8.82. The molecule has 3 aromatic rings. The summed E-state index contributed by atoms with van der Waals surface area (Å²) in [5.74, 6) is -3.63. The van der Waals surface area contributed by atoms with Crippen LogP contribution in [-0.4, -0.2) is 48.6 Å². The second kappa shape index (κ2) is 16.6. The van der Waals surface area contributed by atoms with Crippen molar-refractivity contribution in [1.82, 2.24) is 0 Å². The maximum Gasteiger partial charge on any atom is 0.335 e. The smallest absolute Gasteiger partial charge is 0.335 e. The van der Waals surface area contributed by atoms with E-state index in [0.717, 1.165) is 49.3 Å². The second-order valence-electron chi connectivity index (χ2n) is 12.1. The molecule has 1 aliphatic carbocycles. The first-order chi connectivity index (χ1) is 22.6. The molecule has 0 saturated heterocycles. The fraction of sp³-hybridized carbons (Fsp3) is 0.368. The average Bonchev–Trinajstić information content (AvgIpc) is 3.07. The van der Waals surface area contributed by atoms with E-state index in [4.69, 9.17) is 19.7 Å². The Balaban J connectivity index is 1.52. The molecule has 0 heterocycles. The van der Waals surface area contributed by atoms with Gasteiger partial charge in [0.2, 0.25) is 0 Å². The minimum Gasteiger partial charge on any atom is -0.461 e. The first-order valence-corrected chi connectivity index (χ1v) is 15.9. The summed E-state index contributed by atoms with van der Waals surface area (Å²) >= 11 is 0. The van der Waals surface area contributed by atoms with Crippen molar-refractivity contribution in [2.24, 2.45) is 5.92 Å². The number of carbonyl (C=O) groups is 2. The maximum atomic E-state index is 15.4. The zero-order chi connectivity index (χ0) is 34.1. The number of rotatable bonds is 14. The van der Waals surface area contributed by atoms with Crippen molar-refractivity contribution in [2.75, 3.05) is 26.4 Å². The summed E-state index contributed by atoms with van der Waals surface area (Å²) in [6.45, 7) is 7.29. The lowest BCUT2D eigenvalue weighted by molar-refractivity contribution is -0.142.